The molecule has 9 nitrogen and oxygen atoms in total. The van der Waals surface area contributed by atoms with Crippen molar-refractivity contribution in [3.8, 4) is 11.3 Å². The molecule has 0 aromatic carbocycles. The summed E-state index contributed by atoms with van der Waals surface area (Å²) in [6, 6.07) is 1.79. The highest BCUT2D eigenvalue weighted by atomic mass is 16.1. The molecule has 3 aromatic heterocycles. The molecule has 1 amide bonds. The number of aryl methyl sites for hydroxylation is 1. The Hall–Kier alpha value is -3.36. The molecule has 126 valence electrons. The van der Waals surface area contributed by atoms with Crippen molar-refractivity contribution in [3.05, 3.63) is 42.9 Å². The summed E-state index contributed by atoms with van der Waals surface area (Å²) < 4.78 is 1.69. The SMILES string of the molecule is Cn1cc(Nc2nccc(-c3cnc(C4CC4C(N)=O)nc3)n2)cn1. The van der Waals surface area contributed by atoms with Gasteiger partial charge in [0, 0.05) is 49.2 Å². The van der Waals surface area contributed by atoms with Gasteiger partial charge in [0.25, 0.3) is 0 Å². The number of carbonyl (C=O) groups excluding carboxylic acids is 1. The molecule has 1 saturated carbocycles. The summed E-state index contributed by atoms with van der Waals surface area (Å²) in [7, 11) is 1.84. The summed E-state index contributed by atoms with van der Waals surface area (Å²) in [5, 5.41) is 7.18. The first-order valence-electron chi connectivity index (χ1n) is 7.80. The number of carbonyl (C=O) groups is 1. The Labute approximate surface area is 143 Å². The van der Waals surface area contributed by atoms with Crippen molar-refractivity contribution in [3.63, 3.8) is 0 Å². The molecule has 2 unspecified atom stereocenters. The Morgan fingerprint density at radius 1 is 1.28 bits per heavy atom. The van der Waals surface area contributed by atoms with E-state index < -0.39 is 0 Å². The number of amides is 1. The van der Waals surface area contributed by atoms with Gasteiger partial charge in [-0.1, -0.05) is 0 Å². The van der Waals surface area contributed by atoms with E-state index in [1.54, 1.807) is 35.5 Å². The molecule has 25 heavy (non-hydrogen) atoms. The van der Waals surface area contributed by atoms with Crippen LogP contribution < -0.4 is 11.1 Å². The molecule has 3 aromatic rings. The zero-order valence-corrected chi connectivity index (χ0v) is 13.5. The quantitative estimate of drug-likeness (QED) is 0.712. The number of hydrogen-bond acceptors (Lipinski definition) is 7. The molecule has 0 aliphatic heterocycles. The third-order valence-corrected chi connectivity index (χ3v) is 4.07. The minimum absolute atomic E-state index is 0.0414. The molecule has 0 saturated heterocycles. The summed E-state index contributed by atoms with van der Waals surface area (Å²) >= 11 is 0. The third-order valence-electron chi connectivity index (χ3n) is 4.07. The van der Waals surface area contributed by atoms with Crippen LogP contribution in [-0.4, -0.2) is 35.6 Å². The average Bonchev–Trinajstić information content (AvgIpc) is 3.32. The summed E-state index contributed by atoms with van der Waals surface area (Å²) in [4.78, 5) is 28.5. The van der Waals surface area contributed by atoms with E-state index in [9.17, 15) is 4.79 Å². The first kappa shape index (κ1) is 15.2. The number of primary amides is 1. The lowest BCUT2D eigenvalue weighted by molar-refractivity contribution is -0.119. The summed E-state index contributed by atoms with van der Waals surface area (Å²) in [6.45, 7) is 0. The van der Waals surface area contributed by atoms with Gasteiger partial charge in [-0.25, -0.2) is 19.9 Å². The molecule has 0 bridgehead atoms. The van der Waals surface area contributed by atoms with Crippen molar-refractivity contribution in [2.75, 3.05) is 5.32 Å². The molecular formula is C16H16N8O. The van der Waals surface area contributed by atoms with Crippen molar-refractivity contribution in [2.24, 2.45) is 18.7 Å². The molecule has 0 spiro atoms. The molecule has 2 atom stereocenters. The highest BCUT2D eigenvalue weighted by Gasteiger charge is 2.44. The maximum absolute atomic E-state index is 11.2. The van der Waals surface area contributed by atoms with E-state index in [0.29, 0.717) is 17.5 Å². The zero-order chi connectivity index (χ0) is 17.4. The third kappa shape index (κ3) is 3.16. The van der Waals surface area contributed by atoms with Gasteiger partial charge in [-0.05, 0) is 12.5 Å². The van der Waals surface area contributed by atoms with Crippen LogP contribution in [-0.2, 0) is 11.8 Å². The summed E-state index contributed by atoms with van der Waals surface area (Å²) in [6.07, 6.45) is 9.32. The Morgan fingerprint density at radius 3 is 2.72 bits per heavy atom. The van der Waals surface area contributed by atoms with Gasteiger partial charge in [0.1, 0.15) is 5.82 Å². The van der Waals surface area contributed by atoms with Crippen LogP contribution in [0.1, 0.15) is 18.2 Å². The second kappa shape index (κ2) is 5.93. The van der Waals surface area contributed by atoms with Crippen molar-refractivity contribution >= 4 is 17.5 Å². The number of nitrogens with two attached hydrogens (primary N) is 1. The molecule has 1 fully saturated rings. The van der Waals surface area contributed by atoms with Crippen LogP contribution in [0.3, 0.4) is 0 Å². The smallest absolute Gasteiger partial charge is 0.227 e. The van der Waals surface area contributed by atoms with Crippen LogP contribution >= 0.6 is 0 Å². The Balaban J connectivity index is 1.52. The summed E-state index contributed by atoms with van der Waals surface area (Å²) in [5.41, 5.74) is 7.59. The van der Waals surface area contributed by atoms with Gasteiger partial charge < -0.3 is 11.1 Å². The number of nitrogens with zero attached hydrogens (tertiary/aromatic N) is 6. The van der Waals surface area contributed by atoms with Crippen molar-refractivity contribution in [1.82, 2.24) is 29.7 Å². The highest BCUT2D eigenvalue weighted by Crippen LogP contribution is 2.45. The van der Waals surface area contributed by atoms with Crippen molar-refractivity contribution in [1.29, 1.82) is 0 Å². The lowest BCUT2D eigenvalue weighted by atomic mass is 10.2. The number of anilines is 2. The topological polar surface area (TPSA) is 125 Å². The Morgan fingerprint density at radius 2 is 2.08 bits per heavy atom. The van der Waals surface area contributed by atoms with Crippen molar-refractivity contribution in [2.45, 2.75) is 12.3 Å². The molecule has 3 N–H and O–H groups in total. The second-order valence-corrected chi connectivity index (χ2v) is 5.97. The Kier molecular flexibility index (Phi) is 3.60. The van der Waals surface area contributed by atoms with Gasteiger partial charge >= 0.3 is 0 Å². The Bertz CT molecular complexity index is 920. The van der Waals surface area contributed by atoms with Gasteiger partial charge in [-0.15, -0.1) is 0 Å². The van der Waals surface area contributed by atoms with E-state index in [2.05, 4.69) is 30.4 Å². The minimum atomic E-state index is -0.292. The highest BCUT2D eigenvalue weighted by molar-refractivity contribution is 5.80. The largest absolute Gasteiger partial charge is 0.369 e. The normalized spacial score (nSPS) is 18.8. The number of rotatable bonds is 5. The first-order chi connectivity index (χ1) is 12.1. The standard InChI is InChI=1S/C16H16N8O/c1-24-8-10(7-21-24)22-16-18-3-2-13(23-16)9-5-19-15(20-6-9)12-4-11(12)14(17)25/h2-3,5-8,11-12H,4H2,1H3,(H2,17,25)(H,18,22,23). The molecule has 1 aliphatic carbocycles. The summed E-state index contributed by atoms with van der Waals surface area (Å²) in [5.74, 6) is 0.723. The number of hydrogen-bond donors (Lipinski definition) is 2. The molecular weight excluding hydrogens is 320 g/mol. The van der Waals surface area contributed by atoms with E-state index in [0.717, 1.165) is 17.7 Å². The molecule has 0 radical (unpaired) electrons. The fraction of sp³-hybridized carbons (Fsp3) is 0.250. The van der Waals surface area contributed by atoms with E-state index in [1.165, 1.54) is 0 Å². The number of nitrogens with one attached hydrogen (secondary N) is 1. The molecule has 4 rings (SSSR count). The van der Waals surface area contributed by atoms with E-state index >= 15 is 0 Å². The predicted molar refractivity (Wildman–Crippen MR) is 89.6 cm³/mol. The van der Waals surface area contributed by atoms with Gasteiger partial charge in [-0.3, -0.25) is 9.48 Å². The van der Waals surface area contributed by atoms with Gasteiger partial charge in [0.15, 0.2) is 0 Å². The van der Waals surface area contributed by atoms with Gasteiger partial charge in [0.2, 0.25) is 11.9 Å². The fourth-order valence-corrected chi connectivity index (χ4v) is 2.65. The van der Waals surface area contributed by atoms with Crippen molar-refractivity contribution < 1.29 is 4.79 Å². The maximum atomic E-state index is 11.2. The maximum Gasteiger partial charge on any atom is 0.227 e. The van der Waals surface area contributed by atoms with E-state index in [1.807, 2.05) is 13.2 Å². The van der Waals surface area contributed by atoms with Crippen LogP contribution in [0, 0.1) is 5.92 Å². The number of aromatic nitrogens is 6. The van der Waals surface area contributed by atoms with Crippen LogP contribution in [0.4, 0.5) is 11.6 Å². The van der Waals surface area contributed by atoms with E-state index in [4.69, 9.17) is 5.73 Å². The molecule has 9 heteroatoms. The second-order valence-electron chi connectivity index (χ2n) is 5.97. The van der Waals surface area contributed by atoms with Gasteiger partial charge in [0.05, 0.1) is 17.6 Å². The zero-order valence-electron chi connectivity index (χ0n) is 13.5. The first-order valence-corrected chi connectivity index (χ1v) is 7.80. The van der Waals surface area contributed by atoms with E-state index in [-0.39, 0.29) is 17.7 Å². The van der Waals surface area contributed by atoms with Crippen LogP contribution in [0.15, 0.2) is 37.1 Å². The van der Waals surface area contributed by atoms with Crippen LogP contribution in [0.2, 0.25) is 0 Å². The molecule has 3 heterocycles. The lowest BCUT2D eigenvalue weighted by Crippen LogP contribution is -2.14. The monoisotopic (exact) mass is 336 g/mol. The lowest BCUT2D eigenvalue weighted by Gasteiger charge is -2.05. The predicted octanol–water partition coefficient (Wildman–Crippen LogP) is 0.999. The average molecular weight is 336 g/mol. The van der Waals surface area contributed by atoms with Crippen LogP contribution in [0.25, 0.3) is 11.3 Å². The van der Waals surface area contributed by atoms with Crippen LogP contribution in [0.5, 0.6) is 0 Å². The minimum Gasteiger partial charge on any atom is -0.369 e. The fourth-order valence-electron chi connectivity index (χ4n) is 2.65. The molecule has 1 aliphatic rings. The van der Waals surface area contributed by atoms with Gasteiger partial charge in [-0.2, -0.15) is 5.10 Å².